The van der Waals surface area contributed by atoms with E-state index in [-0.39, 0.29) is 24.1 Å². The van der Waals surface area contributed by atoms with Gasteiger partial charge in [0.2, 0.25) is 17.7 Å². The average molecular weight is 339 g/mol. The van der Waals surface area contributed by atoms with Crippen molar-refractivity contribution >= 4 is 5.91 Å². The van der Waals surface area contributed by atoms with Gasteiger partial charge in [-0.1, -0.05) is 42.5 Å². The van der Waals surface area contributed by atoms with Crippen LogP contribution in [0.2, 0.25) is 0 Å². The Morgan fingerprint density at radius 3 is 2.48 bits per heavy atom. The van der Waals surface area contributed by atoms with Crippen LogP contribution in [-0.2, 0) is 11.3 Å². The number of carbonyl (C=O) groups is 1. The molecule has 3 aromatic rings. The summed E-state index contributed by atoms with van der Waals surface area (Å²) in [6, 6.07) is 15.6. The molecule has 0 fully saturated rings. The van der Waals surface area contributed by atoms with Gasteiger partial charge in [-0.05, 0) is 23.3 Å². The molecule has 0 radical (unpaired) electrons. The van der Waals surface area contributed by atoms with E-state index in [0.29, 0.717) is 18.3 Å². The summed E-state index contributed by atoms with van der Waals surface area (Å²) >= 11 is 0. The summed E-state index contributed by atoms with van der Waals surface area (Å²) in [6.07, 6.45) is 0.187. The van der Waals surface area contributed by atoms with Crippen LogP contribution in [0.15, 0.2) is 59.0 Å². The third kappa shape index (κ3) is 4.50. The molecule has 0 saturated carbocycles. The Kier molecular flexibility index (Phi) is 5.18. The van der Waals surface area contributed by atoms with E-state index in [1.54, 1.807) is 19.1 Å². The minimum Gasteiger partial charge on any atom is -0.425 e. The quantitative estimate of drug-likeness (QED) is 0.748. The molecule has 0 aliphatic heterocycles. The second-order valence-corrected chi connectivity index (χ2v) is 5.73. The maximum Gasteiger partial charge on any atom is 0.224 e. The Morgan fingerprint density at radius 1 is 1.12 bits per heavy atom. The molecule has 1 aromatic heterocycles. The van der Waals surface area contributed by atoms with E-state index in [9.17, 15) is 9.18 Å². The summed E-state index contributed by atoms with van der Waals surface area (Å²) in [6.45, 7) is 2.05. The van der Waals surface area contributed by atoms with Gasteiger partial charge in [0, 0.05) is 19.9 Å². The molecular formula is C19H18FN3O2. The fourth-order valence-electron chi connectivity index (χ4n) is 2.55. The first-order valence-corrected chi connectivity index (χ1v) is 7.98. The molecule has 0 spiro atoms. The molecule has 1 unspecified atom stereocenters. The number of benzene rings is 2. The van der Waals surface area contributed by atoms with Crippen molar-refractivity contribution in [3.8, 4) is 0 Å². The van der Waals surface area contributed by atoms with Gasteiger partial charge < -0.3 is 9.73 Å². The minimum absolute atomic E-state index is 0.144. The Hall–Kier alpha value is -3.02. The van der Waals surface area contributed by atoms with Gasteiger partial charge in [-0.15, -0.1) is 10.2 Å². The number of aryl methyl sites for hydroxylation is 1. The Bertz CT molecular complexity index is 831. The lowest BCUT2D eigenvalue weighted by Gasteiger charge is -2.13. The van der Waals surface area contributed by atoms with Gasteiger partial charge in [0.25, 0.3) is 0 Å². The highest BCUT2D eigenvalue weighted by Crippen LogP contribution is 2.26. The maximum atomic E-state index is 12.9. The first kappa shape index (κ1) is 16.8. The third-order valence-corrected chi connectivity index (χ3v) is 3.83. The summed E-state index contributed by atoms with van der Waals surface area (Å²) in [4.78, 5) is 12.4. The van der Waals surface area contributed by atoms with Crippen LogP contribution in [0.3, 0.4) is 0 Å². The van der Waals surface area contributed by atoms with Crippen molar-refractivity contribution in [2.45, 2.75) is 25.8 Å². The monoisotopic (exact) mass is 339 g/mol. The van der Waals surface area contributed by atoms with Crippen LogP contribution in [0.1, 0.15) is 35.2 Å². The zero-order valence-electron chi connectivity index (χ0n) is 13.8. The highest BCUT2D eigenvalue weighted by molar-refractivity contribution is 5.77. The number of hydrogen-bond donors (Lipinski definition) is 1. The second-order valence-electron chi connectivity index (χ2n) is 5.73. The zero-order chi connectivity index (χ0) is 17.6. The zero-order valence-corrected chi connectivity index (χ0v) is 13.8. The van der Waals surface area contributed by atoms with Crippen LogP contribution in [0, 0.1) is 12.7 Å². The molecule has 5 nitrogen and oxygen atoms in total. The van der Waals surface area contributed by atoms with Crippen LogP contribution in [0.5, 0.6) is 0 Å². The lowest BCUT2D eigenvalue weighted by atomic mass is 9.95. The van der Waals surface area contributed by atoms with Crippen LogP contribution in [-0.4, -0.2) is 16.1 Å². The molecule has 1 atom stereocenters. The summed E-state index contributed by atoms with van der Waals surface area (Å²) < 4.78 is 18.5. The summed E-state index contributed by atoms with van der Waals surface area (Å²) in [7, 11) is 0. The smallest absolute Gasteiger partial charge is 0.224 e. The lowest BCUT2D eigenvalue weighted by Crippen LogP contribution is -2.25. The molecule has 0 aliphatic carbocycles. The molecule has 3 rings (SSSR count). The standard InChI is InChI=1S/C19H18FN3O2/c1-13-22-23-19(25-13)17(15-5-3-2-4-6-15)11-18(24)21-12-14-7-9-16(20)10-8-14/h2-10,17H,11-12H2,1H3,(H,21,24). The molecule has 1 heterocycles. The van der Waals surface area contributed by atoms with Crippen molar-refractivity contribution in [3.63, 3.8) is 0 Å². The number of rotatable bonds is 6. The second kappa shape index (κ2) is 7.70. The minimum atomic E-state index is -0.310. The number of nitrogens with zero attached hydrogens (tertiary/aromatic N) is 2. The number of amides is 1. The summed E-state index contributed by atoms with van der Waals surface area (Å²) in [5.74, 6) is 0.124. The number of aromatic nitrogens is 2. The fraction of sp³-hybridized carbons (Fsp3) is 0.211. The maximum absolute atomic E-state index is 12.9. The Balaban J connectivity index is 1.69. The van der Waals surface area contributed by atoms with E-state index in [0.717, 1.165) is 11.1 Å². The number of nitrogens with one attached hydrogen (secondary N) is 1. The third-order valence-electron chi connectivity index (χ3n) is 3.83. The largest absolute Gasteiger partial charge is 0.425 e. The molecule has 6 heteroatoms. The predicted octanol–water partition coefficient (Wildman–Crippen LogP) is 3.36. The summed E-state index contributed by atoms with van der Waals surface area (Å²) in [5.41, 5.74) is 1.77. The highest BCUT2D eigenvalue weighted by Gasteiger charge is 2.23. The first-order chi connectivity index (χ1) is 12.1. The van der Waals surface area contributed by atoms with E-state index < -0.39 is 0 Å². The molecule has 2 aromatic carbocycles. The molecule has 0 saturated heterocycles. The molecule has 128 valence electrons. The van der Waals surface area contributed by atoms with Gasteiger partial charge in [0.1, 0.15) is 5.82 Å². The van der Waals surface area contributed by atoms with Gasteiger partial charge >= 0.3 is 0 Å². The van der Waals surface area contributed by atoms with E-state index >= 15 is 0 Å². The average Bonchev–Trinajstić information content (AvgIpc) is 3.06. The Labute approximate surface area is 144 Å². The molecule has 0 bridgehead atoms. The fourth-order valence-corrected chi connectivity index (χ4v) is 2.55. The highest BCUT2D eigenvalue weighted by atomic mass is 19.1. The lowest BCUT2D eigenvalue weighted by molar-refractivity contribution is -0.121. The van der Waals surface area contributed by atoms with Crippen LogP contribution >= 0.6 is 0 Å². The van der Waals surface area contributed by atoms with E-state index in [1.165, 1.54) is 12.1 Å². The van der Waals surface area contributed by atoms with E-state index in [1.807, 2.05) is 30.3 Å². The van der Waals surface area contributed by atoms with Crippen molar-refractivity contribution in [2.24, 2.45) is 0 Å². The van der Waals surface area contributed by atoms with Crippen molar-refractivity contribution in [1.82, 2.24) is 15.5 Å². The van der Waals surface area contributed by atoms with E-state index in [2.05, 4.69) is 15.5 Å². The topological polar surface area (TPSA) is 68.0 Å². The van der Waals surface area contributed by atoms with Gasteiger partial charge in [-0.25, -0.2) is 4.39 Å². The molecule has 0 aliphatic rings. The van der Waals surface area contributed by atoms with Crippen molar-refractivity contribution in [3.05, 3.63) is 83.3 Å². The Morgan fingerprint density at radius 2 is 1.84 bits per heavy atom. The first-order valence-electron chi connectivity index (χ1n) is 7.98. The number of hydrogen-bond acceptors (Lipinski definition) is 4. The van der Waals surface area contributed by atoms with Crippen molar-refractivity contribution in [1.29, 1.82) is 0 Å². The molecule has 25 heavy (non-hydrogen) atoms. The van der Waals surface area contributed by atoms with Crippen molar-refractivity contribution < 1.29 is 13.6 Å². The SMILES string of the molecule is Cc1nnc(C(CC(=O)NCc2ccc(F)cc2)c2ccccc2)o1. The number of halogens is 1. The molecule has 1 N–H and O–H groups in total. The van der Waals surface area contributed by atoms with E-state index in [4.69, 9.17) is 4.42 Å². The summed E-state index contributed by atoms with van der Waals surface area (Å²) in [5, 5.41) is 10.8. The number of carbonyl (C=O) groups excluding carboxylic acids is 1. The van der Waals surface area contributed by atoms with Crippen molar-refractivity contribution in [2.75, 3.05) is 0 Å². The normalized spacial score (nSPS) is 11.9. The molecule has 1 amide bonds. The van der Waals surface area contributed by atoms with Crippen LogP contribution in [0.25, 0.3) is 0 Å². The van der Waals surface area contributed by atoms with Gasteiger partial charge in [0.05, 0.1) is 5.92 Å². The van der Waals surface area contributed by atoms with Gasteiger partial charge in [0.15, 0.2) is 0 Å². The van der Waals surface area contributed by atoms with Gasteiger partial charge in [-0.3, -0.25) is 4.79 Å². The predicted molar refractivity (Wildman–Crippen MR) is 90.2 cm³/mol. The molecular weight excluding hydrogens is 321 g/mol. The van der Waals surface area contributed by atoms with Gasteiger partial charge in [-0.2, -0.15) is 0 Å². The van der Waals surface area contributed by atoms with Crippen LogP contribution in [0.4, 0.5) is 4.39 Å². The van der Waals surface area contributed by atoms with Crippen LogP contribution < -0.4 is 5.32 Å².